The highest BCUT2D eigenvalue weighted by atomic mass is 35.5. The Bertz CT molecular complexity index is 1460. The smallest absolute Gasteiger partial charge is 0.260 e. The molecule has 1 aliphatic heterocycles. The van der Waals surface area contributed by atoms with Crippen LogP contribution in [0.4, 0.5) is 0 Å². The lowest BCUT2D eigenvalue weighted by Gasteiger charge is -2.17. The van der Waals surface area contributed by atoms with E-state index in [0.717, 1.165) is 28.8 Å². The average Bonchev–Trinajstić information content (AvgIpc) is 3.54. The second-order valence-electron chi connectivity index (χ2n) is 8.12. The number of aromatic amines is 1. The number of nitrogens with one attached hydrogen (secondary N) is 1. The SMILES string of the molecule is Cc1sc2nc(/C(=C/c3ccc(-c4ccccc4Cl)o3)C(=O)N3CCCC3)[nH]c(=O)c2c1C. The van der Waals surface area contributed by atoms with Gasteiger partial charge in [-0.3, -0.25) is 9.59 Å². The average molecular weight is 480 g/mol. The lowest BCUT2D eigenvalue weighted by atomic mass is 10.1. The van der Waals surface area contributed by atoms with Gasteiger partial charge in [-0.15, -0.1) is 11.3 Å². The Kier molecular flexibility index (Phi) is 5.68. The molecule has 1 aromatic carbocycles. The number of fused-ring (bicyclic) bond motifs is 1. The molecule has 3 aromatic heterocycles. The molecule has 1 fully saturated rings. The number of likely N-dealkylation sites (tertiary alicyclic amines) is 1. The molecule has 0 radical (unpaired) electrons. The molecule has 0 bridgehead atoms. The third-order valence-corrected chi connectivity index (χ3v) is 7.40. The number of furan rings is 1. The Morgan fingerprint density at radius 1 is 1.18 bits per heavy atom. The number of carbonyl (C=O) groups excluding carboxylic acids is 1. The Balaban J connectivity index is 1.62. The molecule has 4 aromatic rings. The van der Waals surface area contributed by atoms with Crippen molar-refractivity contribution in [1.29, 1.82) is 0 Å². The highest BCUT2D eigenvalue weighted by molar-refractivity contribution is 7.18. The summed E-state index contributed by atoms with van der Waals surface area (Å²) in [6, 6.07) is 11.0. The van der Waals surface area contributed by atoms with Crippen molar-refractivity contribution < 1.29 is 9.21 Å². The van der Waals surface area contributed by atoms with Gasteiger partial charge >= 0.3 is 0 Å². The summed E-state index contributed by atoms with van der Waals surface area (Å²) in [5, 5.41) is 1.16. The predicted octanol–water partition coefficient (Wildman–Crippen LogP) is 5.68. The minimum atomic E-state index is -0.242. The van der Waals surface area contributed by atoms with Gasteiger partial charge in [-0.1, -0.05) is 23.7 Å². The summed E-state index contributed by atoms with van der Waals surface area (Å²) in [5.41, 5.74) is 1.75. The summed E-state index contributed by atoms with van der Waals surface area (Å²) in [4.78, 5) is 37.3. The number of amides is 1. The molecule has 0 unspecified atom stereocenters. The van der Waals surface area contributed by atoms with E-state index in [4.69, 9.17) is 16.0 Å². The van der Waals surface area contributed by atoms with E-state index < -0.39 is 0 Å². The zero-order chi connectivity index (χ0) is 23.1. The first kappa shape index (κ1) is 21.7. The summed E-state index contributed by atoms with van der Waals surface area (Å²) in [5.74, 6) is 1.16. The lowest BCUT2D eigenvalue weighted by Crippen LogP contribution is -2.29. The molecule has 1 N–H and O–H groups in total. The molecule has 5 rings (SSSR count). The topological polar surface area (TPSA) is 79.2 Å². The minimum Gasteiger partial charge on any atom is -0.457 e. The Morgan fingerprint density at radius 2 is 1.94 bits per heavy atom. The minimum absolute atomic E-state index is 0.171. The van der Waals surface area contributed by atoms with Crippen LogP contribution in [0.25, 0.3) is 33.2 Å². The van der Waals surface area contributed by atoms with E-state index in [-0.39, 0.29) is 17.3 Å². The van der Waals surface area contributed by atoms with Crippen LogP contribution in [0.1, 0.15) is 34.9 Å². The van der Waals surface area contributed by atoms with Gasteiger partial charge < -0.3 is 14.3 Å². The van der Waals surface area contributed by atoms with E-state index in [1.165, 1.54) is 11.3 Å². The molecule has 8 heteroatoms. The maximum Gasteiger partial charge on any atom is 0.260 e. The largest absolute Gasteiger partial charge is 0.457 e. The number of hydrogen-bond acceptors (Lipinski definition) is 5. The molecule has 168 valence electrons. The molecule has 0 atom stereocenters. The zero-order valence-corrected chi connectivity index (χ0v) is 19.8. The number of aromatic nitrogens is 2. The fourth-order valence-electron chi connectivity index (χ4n) is 4.08. The van der Waals surface area contributed by atoms with Crippen LogP contribution in [0.15, 0.2) is 45.6 Å². The molecule has 0 aliphatic carbocycles. The summed E-state index contributed by atoms with van der Waals surface area (Å²) >= 11 is 7.77. The van der Waals surface area contributed by atoms with Crippen molar-refractivity contribution in [3.05, 3.63) is 73.8 Å². The van der Waals surface area contributed by atoms with Gasteiger partial charge in [0.1, 0.15) is 22.2 Å². The number of hydrogen-bond donors (Lipinski definition) is 1. The number of nitrogens with zero attached hydrogens (tertiary/aromatic N) is 2. The zero-order valence-electron chi connectivity index (χ0n) is 18.3. The molecular weight excluding hydrogens is 458 g/mol. The van der Waals surface area contributed by atoms with Crippen LogP contribution in [0.3, 0.4) is 0 Å². The molecule has 6 nitrogen and oxygen atoms in total. The summed E-state index contributed by atoms with van der Waals surface area (Å²) in [7, 11) is 0. The number of aryl methyl sites for hydroxylation is 2. The van der Waals surface area contributed by atoms with E-state index in [2.05, 4.69) is 9.97 Å². The van der Waals surface area contributed by atoms with Crippen LogP contribution >= 0.6 is 22.9 Å². The van der Waals surface area contributed by atoms with Crippen molar-refractivity contribution >= 4 is 50.7 Å². The van der Waals surface area contributed by atoms with Crippen molar-refractivity contribution in [2.75, 3.05) is 13.1 Å². The normalized spacial score (nSPS) is 14.4. The Hall–Kier alpha value is -3.16. The first-order chi connectivity index (χ1) is 15.9. The number of benzene rings is 1. The maximum absolute atomic E-state index is 13.4. The van der Waals surface area contributed by atoms with Crippen molar-refractivity contribution in [3.8, 4) is 11.3 Å². The van der Waals surface area contributed by atoms with E-state index >= 15 is 0 Å². The highest BCUT2D eigenvalue weighted by Gasteiger charge is 2.26. The lowest BCUT2D eigenvalue weighted by molar-refractivity contribution is -0.123. The summed E-state index contributed by atoms with van der Waals surface area (Å²) in [6.45, 7) is 5.24. The fraction of sp³-hybridized carbons (Fsp3) is 0.240. The quantitative estimate of drug-likeness (QED) is 0.382. The Morgan fingerprint density at radius 3 is 2.70 bits per heavy atom. The second kappa shape index (κ2) is 8.65. The number of H-pyrrole nitrogens is 1. The van der Waals surface area contributed by atoms with Gasteiger partial charge in [0.25, 0.3) is 11.5 Å². The van der Waals surface area contributed by atoms with Crippen molar-refractivity contribution in [2.24, 2.45) is 0 Å². The Labute approximate surface area is 199 Å². The van der Waals surface area contributed by atoms with Crippen LogP contribution in [-0.2, 0) is 4.79 Å². The third-order valence-electron chi connectivity index (χ3n) is 5.97. The van der Waals surface area contributed by atoms with Crippen molar-refractivity contribution in [3.63, 3.8) is 0 Å². The third kappa shape index (κ3) is 4.03. The standard InChI is InChI=1S/C25H22ClN3O3S/c1-14-15(2)33-24-21(14)23(30)27-22(28-24)18(25(31)29-11-5-6-12-29)13-16-9-10-20(32-16)17-7-3-4-8-19(17)26/h3-4,7-10,13H,5-6,11-12H2,1-2H3,(H,27,28,30)/b18-13-. The van der Waals surface area contributed by atoms with Crippen LogP contribution in [0.5, 0.6) is 0 Å². The molecule has 1 aliphatic rings. The molecule has 1 saturated heterocycles. The van der Waals surface area contributed by atoms with E-state index in [1.54, 1.807) is 23.1 Å². The number of rotatable bonds is 4. The molecule has 0 saturated carbocycles. The number of halogens is 1. The second-order valence-corrected chi connectivity index (χ2v) is 9.73. The summed E-state index contributed by atoms with van der Waals surface area (Å²) in [6.07, 6.45) is 3.57. The van der Waals surface area contributed by atoms with Gasteiger partial charge in [-0.2, -0.15) is 0 Å². The van der Waals surface area contributed by atoms with Gasteiger partial charge in [0.05, 0.1) is 16.0 Å². The molecule has 33 heavy (non-hydrogen) atoms. The van der Waals surface area contributed by atoms with Crippen molar-refractivity contribution in [1.82, 2.24) is 14.9 Å². The summed E-state index contributed by atoms with van der Waals surface area (Å²) < 4.78 is 6.01. The van der Waals surface area contributed by atoms with Gasteiger partial charge in [0.2, 0.25) is 0 Å². The fourth-order valence-corrected chi connectivity index (χ4v) is 5.34. The maximum atomic E-state index is 13.4. The van der Waals surface area contributed by atoms with Crippen molar-refractivity contribution in [2.45, 2.75) is 26.7 Å². The molecule has 0 spiro atoms. The molecule has 4 heterocycles. The first-order valence-corrected chi connectivity index (χ1v) is 12.0. The van der Waals surface area contributed by atoms with E-state index in [1.807, 2.05) is 38.1 Å². The van der Waals surface area contributed by atoms with Crippen LogP contribution in [0, 0.1) is 13.8 Å². The number of thiophene rings is 1. The molecular formula is C25H22ClN3O3S. The van der Waals surface area contributed by atoms with Crippen LogP contribution in [-0.4, -0.2) is 33.9 Å². The monoisotopic (exact) mass is 479 g/mol. The van der Waals surface area contributed by atoms with Gasteiger partial charge in [0, 0.05) is 23.5 Å². The highest BCUT2D eigenvalue weighted by Crippen LogP contribution is 2.31. The van der Waals surface area contributed by atoms with Gasteiger partial charge in [-0.25, -0.2) is 4.98 Å². The first-order valence-electron chi connectivity index (χ1n) is 10.8. The number of carbonyl (C=O) groups is 1. The molecule has 1 amide bonds. The van der Waals surface area contributed by atoms with E-state index in [0.29, 0.717) is 45.4 Å². The van der Waals surface area contributed by atoms with Crippen LogP contribution in [0.2, 0.25) is 5.02 Å². The van der Waals surface area contributed by atoms with Gasteiger partial charge in [-0.05, 0) is 62.6 Å². The van der Waals surface area contributed by atoms with Crippen LogP contribution < -0.4 is 5.56 Å². The van der Waals surface area contributed by atoms with Gasteiger partial charge in [0.15, 0.2) is 0 Å². The van der Waals surface area contributed by atoms with E-state index in [9.17, 15) is 9.59 Å². The predicted molar refractivity (Wildman–Crippen MR) is 133 cm³/mol.